The van der Waals surface area contributed by atoms with Gasteiger partial charge >= 0.3 is 0 Å². The minimum Gasteiger partial charge on any atom is -0.391 e. The predicted molar refractivity (Wildman–Crippen MR) is 82.1 cm³/mol. The predicted octanol–water partition coefficient (Wildman–Crippen LogP) is 3.56. The lowest BCUT2D eigenvalue weighted by molar-refractivity contribution is -0.910. The fourth-order valence-corrected chi connectivity index (χ4v) is 2.16. The maximum Gasteiger partial charge on any atom is 0.182 e. The summed E-state index contributed by atoms with van der Waals surface area (Å²) in [5.41, 5.74) is 0. The molecule has 0 atom stereocenters. The summed E-state index contributed by atoms with van der Waals surface area (Å²) in [5.74, 6) is 0. The fraction of sp³-hybridized carbons (Fsp3) is 1.00. The molecule has 0 aliphatic heterocycles. The number of quaternary nitrogens is 1. The Balaban J connectivity index is 3.14. The van der Waals surface area contributed by atoms with Crippen LogP contribution < -0.4 is 0 Å². The Morgan fingerprint density at radius 1 is 0.842 bits per heavy atom. The van der Waals surface area contributed by atoms with Crippen molar-refractivity contribution in [2.24, 2.45) is 0 Å². The molecule has 0 bridgehead atoms. The summed E-state index contributed by atoms with van der Waals surface area (Å²) >= 11 is 0. The topological polar surface area (TPSA) is 29.5 Å². The zero-order valence-corrected chi connectivity index (χ0v) is 13.5. The van der Waals surface area contributed by atoms with Gasteiger partial charge in [0.2, 0.25) is 0 Å². The molecule has 1 N–H and O–H groups in total. The average molecular weight is 274 g/mol. The van der Waals surface area contributed by atoms with Crippen molar-refractivity contribution in [3.8, 4) is 0 Å². The summed E-state index contributed by atoms with van der Waals surface area (Å²) in [6.07, 6.45) is 12.2. The molecule has 0 unspecified atom stereocenters. The van der Waals surface area contributed by atoms with Crippen LogP contribution in [0.4, 0.5) is 0 Å². The number of likely N-dealkylation sites (N-methyl/N-ethyl adjacent to an activating group) is 1. The van der Waals surface area contributed by atoms with Gasteiger partial charge in [0.15, 0.2) is 6.73 Å². The van der Waals surface area contributed by atoms with Crippen molar-refractivity contribution in [3.05, 3.63) is 0 Å². The number of hydrogen-bond donors (Lipinski definition) is 1. The van der Waals surface area contributed by atoms with Crippen molar-refractivity contribution < 1.29 is 14.3 Å². The molecule has 0 aromatic carbocycles. The number of aliphatic hydroxyl groups excluding tert-OH is 1. The Labute approximate surface area is 120 Å². The van der Waals surface area contributed by atoms with Gasteiger partial charge in [0.25, 0.3) is 0 Å². The highest BCUT2D eigenvalue weighted by molar-refractivity contribution is 4.46. The Morgan fingerprint density at radius 2 is 1.37 bits per heavy atom. The second-order valence-corrected chi connectivity index (χ2v) is 6.25. The van der Waals surface area contributed by atoms with E-state index in [1.54, 1.807) is 0 Å². The van der Waals surface area contributed by atoms with E-state index in [9.17, 15) is 0 Å². The maximum atomic E-state index is 8.91. The molecule has 0 aromatic rings. The van der Waals surface area contributed by atoms with Crippen LogP contribution in [0, 0.1) is 0 Å². The molecule has 19 heavy (non-hydrogen) atoms. The molecule has 3 nitrogen and oxygen atoms in total. The molecule has 0 aliphatic carbocycles. The Kier molecular flexibility index (Phi) is 12.8. The van der Waals surface area contributed by atoms with E-state index in [1.165, 1.54) is 57.8 Å². The molecule has 0 aromatic heterocycles. The summed E-state index contributed by atoms with van der Waals surface area (Å²) in [6.45, 7) is 4.83. The van der Waals surface area contributed by atoms with Crippen molar-refractivity contribution >= 4 is 0 Å². The molecule has 0 amide bonds. The number of hydrogen-bond acceptors (Lipinski definition) is 2. The van der Waals surface area contributed by atoms with Gasteiger partial charge in [-0.1, -0.05) is 58.3 Å². The lowest BCUT2D eigenvalue weighted by atomic mass is 10.1. The number of rotatable bonds is 14. The Hall–Kier alpha value is -0.120. The van der Waals surface area contributed by atoms with Gasteiger partial charge in [-0.2, -0.15) is 0 Å². The highest BCUT2D eigenvalue weighted by atomic mass is 16.5. The lowest BCUT2D eigenvalue weighted by Crippen LogP contribution is -2.43. The van der Waals surface area contributed by atoms with Crippen LogP contribution in [-0.2, 0) is 4.74 Å². The first-order valence-electron chi connectivity index (χ1n) is 8.13. The summed E-state index contributed by atoms with van der Waals surface area (Å²) in [7, 11) is 4.18. The van der Waals surface area contributed by atoms with Crippen molar-refractivity contribution in [3.63, 3.8) is 0 Å². The van der Waals surface area contributed by atoms with Gasteiger partial charge in [-0.3, -0.25) is 0 Å². The van der Waals surface area contributed by atoms with Crippen LogP contribution in [0.5, 0.6) is 0 Å². The molecule has 0 rings (SSSR count). The molecule has 0 heterocycles. The second-order valence-electron chi connectivity index (χ2n) is 6.25. The molecule has 116 valence electrons. The Bertz CT molecular complexity index is 184. The highest BCUT2D eigenvalue weighted by Crippen LogP contribution is 2.09. The van der Waals surface area contributed by atoms with Crippen LogP contribution in [0.1, 0.15) is 64.7 Å². The first-order chi connectivity index (χ1) is 9.12. The molecular formula is C16H36NO2+. The van der Waals surface area contributed by atoms with E-state index in [2.05, 4.69) is 21.0 Å². The average Bonchev–Trinajstić information content (AvgIpc) is 2.36. The van der Waals surface area contributed by atoms with E-state index in [0.29, 0.717) is 6.73 Å². The van der Waals surface area contributed by atoms with Crippen LogP contribution in [0.25, 0.3) is 0 Å². The molecule has 0 aliphatic rings. The molecule has 0 radical (unpaired) electrons. The van der Waals surface area contributed by atoms with Gasteiger partial charge < -0.3 is 14.3 Å². The molecular weight excluding hydrogens is 238 g/mol. The van der Waals surface area contributed by atoms with Gasteiger partial charge in [0.1, 0.15) is 6.54 Å². The normalized spacial score (nSPS) is 12.0. The van der Waals surface area contributed by atoms with Gasteiger partial charge in [-0.15, -0.1) is 0 Å². The quantitative estimate of drug-likeness (QED) is 0.298. The van der Waals surface area contributed by atoms with Crippen LogP contribution in [0.2, 0.25) is 0 Å². The van der Waals surface area contributed by atoms with Gasteiger partial charge in [-0.05, 0) is 6.42 Å². The molecule has 0 spiro atoms. The number of aliphatic hydroxyl groups is 1. The summed E-state index contributed by atoms with van der Waals surface area (Å²) in [5, 5.41) is 8.91. The SMILES string of the molecule is CCCCCCCCCCCOC[N+](C)(C)CCO. The van der Waals surface area contributed by atoms with Crippen molar-refractivity contribution in [2.45, 2.75) is 64.7 Å². The first-order valence-corrected chi connectivity index (χ1v) is 8.13. The van der Waals surface area contributed by atoms with Crippen LogP contribution in [-0.4, -0.2) is 50.2 Å². The summed E-state index contributed by atoms with van der Waals surface area (Å²) < 4.78 is 6.42. The zero-order chi connectivity index (χ0) is 14.4. The van der Waals surface area contributed by atoms with Gasteiger partial charge in [0, 0.05) is 0 Å². The number of nitrogens with zero attached hydrogens (tertiary/aromatic N) is 1. The van der Waals surface area contributed by atoms with E-state index in [4.69, 9.17) is 9.84 Å². The number of ether oxygens (including phenoxy) is 1. The standard InChI is InChI=1S/C16H36NO2/c1-4-5-6-7-8-9-10-11-12-15-19-16-17(2,3)13-14-18/h18H,4-16H2,1-3H3/q+1. The Morgan fingerprint density at radius 3 is 1.89 bits per heavy atom. The second kappa shape index (κ2) is 12.9. The van der Waals surface area contributed by atoms with Crippen molar-refractivity contribution in [1.82, 2.24) is 0 Å². The van der Waals surface area contributed by atoms with Gasteiger partial charge in [0.05, 0.1) is 27.3 Å². The minimum atomic E-state index is 0.231. The highest BCUT2D eigenvalue weighted by Gasteiger charge is 2.13. The fourth-order valence-electron chi connectivity index (χ4n) is 2.16. The lowest BCUT2D eigenvalue weighted by Gasteiger charge is -2.28. The summed E-state index contributed by atoms with van der Waals surface area (Å²) in [4.78, 5) is 0. The van der Waals surface area contributed by atoms with E-state index < -0.39 is 0 Å². The third-order valence-corrected chi connectivity index (χ3v) is 3.54. The van der Waals surface area contributed by atoms with Crippen LogP contribution in [0.15, 0.2) is 0 Å². The van der Waals surface area contributed by atoms with E-state index in [1.807, 2.05) is 0 Å². The van der Waals surface area contributed by atoms with Crippen molar-refractivity contribution in [1.29, 1.82) is 0 Å². The van der Waals surface area contributed by atoms with E-state index in [0.717, 1.165) is 17.6 Å². The van der Waals surface area contributed by atoms with E-state index in [-0.39, 0.29) is 6.61 Å². The smallest absolute Gasteiger partial charge is 0.182 e. The molecule has 0 saturated carbocycles. The molecule has 0 saturated heterocycles. The first kappa shape index (κ1) is 18.9. The summed E-state index contributed by atoms with van der Waals surface area (Å²) in [6, 6.07) is 0. The third-order valence-electron chi connectivity index (χ3n) is 3.54. The monoisotopic (exact) mass is 274 g/mol. The van der Waals surface area contributed by atoms with Gasteiger partial charge in [-0.25, -0.2) is 0 Å². The molecule has 3 heteroatoms. The largest absolute Gasteiger partial charge is 0.391 e. The zero-order valence-electron chi connectivity index (χ0n) is 13.5. The third kappa shape index (κ3) is 14.1. The number of unbranched alkanes of at least 4 members (excludes halogenated alkanes) is 8. The van der Waals surface area contributed by atoms with Crippen molar-refractivity contribution in [2.75, 3.05) is 40.6 Å². The molecule has 0 fully saturated rings. The maximum absolute atomic E-state index is 8.91. The van der Waals surface area contributed by atoms with Crippen LogP contribution >= 0.6 is 0 Å². The van der Waals surface area contributed by atoms with Crippen LogP contribution in [0.3, 0.4) is 0 Å². The minimum absolute atomic E-state index is 0.231. The van der Waals surface area contributed by atoms with E-state index >= 15 is 0 Å².